The zero-order valence-electron chi connectivity index (χ0n) is 9.61. The molecule has 0 bridgehead atoms. The van der Waals surface area contributed by atoms with Crippen molar-refractivity contribution in [2.24, 2.45) is 0 Å². The van der Waals surface area contributed by atoms with Gasteiger partial charge in [0.15, 0.2) is 0 Å². The van der Waals surface area contributed by atoms with Gasteiger partial charge in [0.2, 0.25) is 0 Å². The summed E-state index contributed by atoms with van der Waals surface area (Å²) in [5.74, 6) is 0. The molecule has 1 saturated carbocycles. The van der Waals surface area contributed by atoms with E-state index in [1.165, 1.54) is 37.7 Å². The Morgan fingerprint density at radius 2 is 1.75 bits per heavy atom. The molecule has 0 N–H and O–H groups in total. The number of hydrogen-bond acceptors (Lipinski definition) is 1. The normalized spacial score (nSPS) is 31.2. The van der Waals surface area contributed by atoms with Gasteiger partial charge in [-0.15, -0.1) is 0 Å². The van der Waals surface area contributed by atoms with Gasteiger partial charge in [-0.3, -0.25) is 0 Å². The van der Waals surface area contributed by atoms with Crippen LogP contribution in [0.4, 0.5) is 0 Å². The van der Waals surface area contributed by atoms with Crippen molar-refractivity contribution >= 4 is 0 Å². The molecule has 2 fully saturated rings. The van der Waals surface area contributed by atoms with Crippen LogP contribution >= 0.6 is 0 Å². The molecular weight excluding hydrogens is 196 g/mol. The summed E-state index contributed by atoms with van der Waals surface area (Å²) in [6, 6.07) is 10.5. The minimum Gasteiger partial charge on any atom is -0.353 e. The molecule has 1 spiro atoms. The predicted octanol–water partition coefficient (Wildman–Crippen LogP) is 3.80. The monoisotopic (exact) mass is 214 g/mol. The lowest BCUT2D eigenvalue weighted by Crippen LogP contribution is -2.25. The molecule has 1 nitrogen and oxygen atoms in total. The Balaban J connectivity index is 1.95. The molecule has 2 aliphatic rings. The van der Waals surface area contributed by atoms with E-state index in [-0.39, 0.29) is 11.2 Å². The molecule has 0 unspecified atom stereocenters. The molecule has 1 heteroatoms. The maximum Gasteiger partial charge on any atom is 0.141 e. The van der Waals surface area contributed by atoms with Crippen LogP contribution in [0.2, 0.25) is 0 Å². The van der Waals surface area contributed by atoms with Gasteiger partial charge in [0.1, 0.15) is 11.2 Å². The van der Waals surface area contributed by atoms with Crippen LogP contribution in [0.25, 0.3) is 0 Å². The number of epoxide rings is 1. The van der Waals surface area contributed by atoms with Crippen LogP contribution in [-0.4, -0.2) is 5.60 Å². The molecule has 3 rings (SSSR count). The first-order chi connectivity index (χ1) is 7.83. The Labute approximate surface area is 97.1 Å². The van der Waals surface area contributed by atoms with E-state index < -0.39 is 0 Å². The van der Waals surface area contributed by atoms with E-state index in [1.807, 2.05) is 6.08 Å². The summed E-state index contributed by atoms with van der Waals surface area (Å²) in [5.41, 5.74) is 1.16. The summed E-state index contributed by atoms with van der Waals surface area (Å²) in [7, 11) is 0. The highest BCUT2D eigenvalue weighted by Crippen LogP contribution is 2.63. The molecule has 1 atom stereocenters. The molecule has 1 aromatic rings. The topological polar surface area (TPSA) is 12.5 Å². The fourth-order valence-electron chi connectivity index (χ4n) is 3.23. The summed E-state index contributed by atoms with van der Waals surface area (Å²) >= 11 is 0. The second-order valence-electron chi connectivity index (χ2n) is 4.96. The fourth-order valence-corrected chi connectivity index (χ4v) is 3.23. The molecule has 0 radical (unpaired) electrons. The van der Waals surface area contributed by atoms with Gasteiger partial charge < -0.3 is 4.74 Å². The zero-order valence-corrected chi connectivity index (χ0v) is 9.61. The molecule has 1 aliphatic heterocycles. The van der Waals surface area contributed by atoms with E-state index in [9.17, 15) is 0 Å². The highest BCUT2D eigenvalue weighted by Gasteiger charge is 2.68. The highest BCUT2D eigenvalue weighted by atomic mass is 16.6. The molecule has 1 heterocycles. The van der Waals surface area contributed by atoms with Gasteiger partial charge in [0.05, 0.1) is 0 Å². The van der Waals surface area contributed by atoms with Gasteiger partial charge in [-0.1, -0.05) is 62.2 Å². The number of rotatable bonds is 2. The molecule has 84 valence electrons. The Hall–Kier alpha value is -1.08. The van der Waals surface area contributed by atoms with E-state index in [4.69, 9.17) is 4.74 Å². The predicted molar refractivity (Wildman–Crippen MR) is 65.2 cm³/mol. The summed E-state index contributed by atoms with van der Waals surface area (Å²) in [6.45, 7) is 4.00. The smallest absolute Gasteiger partial charge is 0.141 e. The third kappa shape index (κ3) is 1.21. The first kappa shape index (κ1) is 10.1. The van der Waals surface area contributed by atoms with Crippen LogP contribution in [0.1, 0.15) is 37.7 Å². The number of benzene rings is 1. The van der Waals surface area contributed by atoms with Gasteiger partial charge in [0, 0.05) is 0 Å². The summed E-state index contributed by atoms with van der Waals surface area (Å²) in [4.78, 5) is 0. The van der Waals surface area contributed by atoms with Gasteiger partial charge >= 0.3 is 0 Å². The second-order valence-corrected chi connectivity index (χ2v) is 4.96. The molecule has 1 aromatic carbocycles. The molecule has 1 aliphatic carbocycles. The molecule has 16 heavy (non-hydrogen) atoms. The van der Waals surface area contributed by atoms with E-state index in [1.54, 1.807) is 0 Å². The fraction of sp³-hybridized carbons (Fsp3) is 0.467. The molecule has 1 saturated heterocycles. The summed E-state index contributed by atoms with van der Waals surface area (Å²) in [6.07, 6.45) is 8.33. The Kier molecular flexibility index (Phi) is 2.18. The van der Waals surface area contributed by atoms with Crippen molar-refractivity contribution < 1.29 is 4.74 Å². The van der Waals surface area contributed by atoms with Crippen molar-refractivity contribution in [3.05, 3.63) is 48.6 Å². The lowest BCUT2D eigenvalue weighted by molar-refractivity contribution is 0.229. The molecular formula is C15H18O. The standard InChI is InChI=1S/C15H18O/c1-2-15(13-9-5-3-6-10-13)14(16-15)11-7-4-8-12-14/h2-3,5-6,9-10H,1,4,7-8,11-12H2/t15-/m1/s1. The minimum atomic E-state index is -0.186. The van der Waals surface area contributed by atoms with E-state index in [0.717, 1.165) is 0 Å². The third-order valence-corrected chi connectivity index (χ3v) is 4.14. The van der Waals surface area contributed by atoms with Crippen molar-refractivity contribution in [1.82, 2.24) is 0 Å². The quantitative estimate of drug-likeness (QED) is 0.539. The third-order valence-electron chi connectivity index (χ3n) is 4.14. The van der Waals surface area contributed by atoms with Gasteiger partial charge in [0.25, 0.3) is 0 Å². The van der Waals surface area contributed by atoms with E-state index in [0.29, 0.717) is 0 Å². The maximum absolute atomic E-state index is 6.15. The number of ether oxygens (including phenoxy) is 1. The van der Waals surface area contributed by atoms with E-state index in [2.05, 4.69) is 36.9 Å². The first-order valence-corrected chi connectivity index (χ1v) is 6.22. The molecule has 0 aromatic heterocycles. The first-order valence-electron chi connectivity index (χ1n) is 6.22. The summed E-state index contributed by atoms with van der Waals surface area (Å²) < 4.78 is 6.15. The van der Waals surface area contributed by atoms with Crippen LogP contribution in [0.3, 0.4) is 0 Å². The Bertz CT molecular complexity index is 389. The van der Waals surface area contributed by atoms with Crippen LogP contribution in [-0.2, 0) is 10.3 Å². The second kappa shape index (κ2) is 3.46. The highest BCUT2D eigenvalue weighted by molar-refractivity contribution is 5.39. The Morgan fingerprint density at radius 1 is 1.06 bits per heavy atom. The lowest BCUT2D eigenvalue weighted by Gasteiger charge is -2.22. The van der Waals surface area contributed by atoms with Crippen molar-refractivity contribution in [2.45, 2.75) is 43.3 Å². The van der Waals surface area contributed by atoms with Crippen molar-refractivity contribution in [1.29, 1.82) is 0 Å². The van der Waals surface area contributed by atoms with Gasteiger partial charge in [-0.05, 0) is 18.4 Å². The SMILES string of the molecule is C=C[C@]1(c2ccccc2)OC12CCCCC2. The van der Waals surface area contributed by atoms with Crippen molar-refractivity contribution in [3.63, 3.8) is 0 Å². The van der Waals surface area contributed by atoms with Crippen LogP contribution < -0.4 is 0 Å². The zero-order chi connectivity index (χ0) is 11.1. The van der Waals surface area contributed by atoms with Gasteiger partial charge in [-0.25, -0.2) is 0 Å². The average Bonchev–Trinajstić information content (AvgIpc) is 3.00. The minimum absolute atomic E-state index is 0.0777. The van der Waals surface area contributed by atoms with Crippen molar-refractivity contribution in [2.75, 3.05) is 0 Å². The average molecular weight is 214 g/mol. The van der Waals surface area contributed by atoms with Crippen LogP contribution in [0.5, 0.6) is 0 Å². The van der Waals surface area contributed by atoms with Crippen LogP contribution in [0, 0.1) is 0 Å². The number of hydrogen-bond donors (Lipinski definition) is 0. The van der Waals surface area contributed by atoms with E-state index >= 15 is 0 Å². The van der Waals surface area contributed by atoms with Crippen LogP contribution in [0.15, 0.2) is 43.0 Å². The lowest BCUT2D eigenvalue weighted by atomic mass is 9.77. The molecule has 0 amide bonds. The van der Waals surface area contributed by atoms with Gasteiger partial charge in [-0.2, -0.15) is 0 Å². The largest absolute Gasteiger partial charge is 0.353 e. The summed E-state index contributed by atoms with van der Waals surface area (Å²) in [5, 5.41) is 0. The van der Waals surface area contributed by atoms with Crippen molar-refractivity contribution in [3.8, 4) is 0 Å². The Morgan fingerprint density at radius 3 is 2.38 bits per heavy atom. The maximum atomic E-state index is 6.15.